The van der Waals surface area contributed by atoms with E-state index in [1.54, 1.807) is 0 Å². The van der Waals surface area contributed by atoms with Crippen molar-refractivity contribution in [1.82, 2.24) is 30.1 Å². The number of hydrogen-bond acceptors (Lipinski definition) is 5. The molecule has 1 aliphatic rings. The van der Waals surface area contributed by atoms with Crippen LogP contribution in [0, 0.1) is 6.92 Å². The first-order valence-electron chi connectivity index (χ1n) is 11.8. The molecule has 4 aromatic rings. The third-order valence-corrected chi connectivity index (χ3v) is 6.84. The van der Waals surface area contributed by atoms with Crippen LogP contribution in [0.1, 0.15) is 67.2 Å². The van der Waals surface area contributed by atoms with E-state index in [2.05, 4.69) is 44.5 Å². The fourth-order valence-corrected chi connectivity index (χ4v) is 5.10. The van der Waals surface area contributed by atoms with Gasteiger partial charge < -0.3 is 4.98 Å². The number of H-pyrrole nitrogens is 1. The van der Waals surface area contributed by atoms with E-state index in [9.17, 15) is 4.79 Å². The summed E-state index contributed by atoms with van der Waals surface area (Å²) in [5, 5.41) is 14.0. The summed E-state index contributed by atoms with van der Waals surface area (Å²) in [6.45, 7) is 5.59. The van der Waals surface area contributed by atoms with Crippen molar-refractivity contribution in [3.05, 3.63) is 87.5 Å². The van der Waals surface area contributed by atoms with E-state index in [4.69, 9.17) is 0 Å². The quantitative estimate of drug-likeness (QED) is 0.454. The van der Waals surface area contributed by atoms with Gasteiger partial charge in [0.2, 0.25) is 0 Å². The molecule has 2 aromatic carbocycles. The van der Waals surface area contributed by atoms with Crippen molar-refractivity contribution in [2.75, 3.05) is 6.54 Å². The van der Waals surface area contributed by atoms with E-state index in [0.717, 1.165) is 41.7 Å². The monoisotopic (exact) mass is 442 g/mol. The van der Waals surface area contributed by atoms with Crippen LogP contribution in [-0.4, -0.2) is 36.6 Å². The topological polar surface area (TPSA) is 79.7 Å². The third-order valence-electron chi connectivity index (χ3n) is 6.84. The summed E-state index contributed by atoms with van der Waals surface area (Å²) in [6.07, 6.45) is 4.52. The van der Waals surface area contributed by atoms with Crippen LogP contribution in [0.3, 0.4) is 0 Å². The molecule has 0 amide bonds. The lowest BCUT2D eigenvalue weighted by atomic mass is 10.0. The lowest BCUT2D eigenvalue weighted by molar-refractivity contribution is 0.210. The number of aryl methyl sites for hydroxylation is 1. The van der Waals surface area contributed by atoms with Crippen molar-refractivity contribution in [2.45, 2.75) is 58.2 Å². The van der Waals surface area contributed by atoms with Gasteiger partial charge in [0.25, 0.3) is 5.56 Å². The fourth-order valence-electron chi connectivity index (χ4n) is 5.10. The molecular weight excluding hydrogens is 412 g/mol. The van der Waals surface area contributed by atoms with E-state index in [1.165, 1.54) is 18.4 Å². The zero-order valence-corrected chi connectivity index (χ0v) is 19.2. The minimum absolute atomic E-state index is 0.0886. The molecule has 0 unspecified atom stereocenters. The summed E-state index contributed by atoms with van der Waals surface area (Å²) in [7, 11) is 0. The van der Waals surface area contributed by atoms with Gasteiger partial charge in [0.15, 0.2) is 5.82 Å². The minimum atomic E-state index is -0.348. The van der Waals surface area contributed by atoms with Crippen molar-refractivity contribution in [2.24, 2.45) is 0 Å². The second kappa shape index (κ2) is 9.27. The van der Waals surface area contributed by atoms with Crippen molar-refractivity contribution >= 4 is 10.9 Å². The summed E-state index contributed by atoms with van der Waals surface area (Å²) in [4.78, 5) is 18.9. The molecule has 2 heterocycles. The first-order chi connectivity index (χ1) is 16.2. The molecule has 1 aliphatic carbocycles. The Morgan fingerprint density at radius 2 is 1.91 bits per heavy atom. The average molecular weight is 443 g/mol. The van der Waals surface area contributed by atoms with Crippen molar-refractivity contribution in [3.8, 4) is 0 Å². The number of fused-ring (bicyclic) bond motifs is 1. The standard InChI is InChI=1S/C26H30N6O/c1-3-31(17-19-11-5-4-6-12-19)24(25-28-29-30-32(25)21-14-7-8-15-21)22-16-20-13-9-10-18(2)23(20)27-26(22)33/h4-6,9-13,16,21,24H,3,7-8,14-15,17H2,1-2H3,(H,27,33)/t24-/m1/s1. The lowest BCUT2D eigenvalue weighted by Crippen LogP contribution is -2.35. The Balaban J connectivity index is 1.66. The van der Waals surface area contributed by atoms with E-state index in [-0.39, 0.29) is 17.6 Å². The summed E-state index contributed by atoms with van der Waals surface area (Å²) in [5.74, 6) is 0.747. The van der Waals surface area contributed by atoms with E-state index < -0.39 is 0 Å². The molecule has 0 aliphatic heterocycles. The number of benzene rings is 2. The molecular formula is C26H30N6O. The Hall–Kier alpha value is -3.32. The van der Waals surface area contributed by atoms with E-state index in [0.29, 0.717) is 12.1 Å². The molecule has 1 atom stereocenters. The van der Waals surface area contributed by atoms with Crippen LogP contribution in [0.2, 0.25) is 0 Å². The highest BCUT2D eigenvalue weighted by Crippen LogP contribution is 2.34. The molecule has 0 saturated heterocycles. The number of rotatable bonds is 7. The Bertz CT molecular complexity index is 1290. The van der Waals surface area contributed by atoms with Gasteiger partial charge in [-0.3, -0.25) is 9.69 Å². The number of aromatic amines is 1. The molecule has 33 heavy (non-hydrogen) atoms. The highest BCUT2D eigenvalue weighted by Gasteiger charge is 2.32. The van der Waals surface area contributed by atoms with E-state index >= 15 is 0 Å². The van der Waals surface area contributed by atoms with Crippen molar-refractivity contribution < 1.29 is 0 Å². The average Bonchev–Trinajstić information content (AvgIpc) is 3.52. The van der Waals surface area contributed by atoms with Crippen molar-refractivity contribution in [3.63, 3.8) is 0 Å². The number of tetrazole rings is 1. The summed E-state index contributed by atoms with van der Waals surface area (Å²) < 4.78 is 1.98. The summed E-state index contributed by atoms with van der Waals surface area (Å²) >= 11 is 0. The molecule has 7 heteroatoms. The van der Waals surface area contributed by atoms with Gasteiger partial charge in [-0.2, -0.15) is 0 Å². The maximum Gasteiger partial charge on any atom is 0.253 e. The second-order valence-corrected chi connectivity index (χ2v) is 8.96. The zero-order valence-electron chi connectivity index (χ0n) is 19.2. The maximum atomic E-state index is 13.5. The zero-order chi connectivity index (χ0) is 22.8. The highest BCUT2D eigenvalue weighted by molar-refractivity contribution is 5.82. The number of nitrogens with one attached hydrogen (secondary N) is 1. The van der Waals surface area contributed by atoms with Crippen LogP contribution in [0.15, 0.2) is 59.4 Å². The molecule has 1 N–H and O–H groups in total. The Labute approximate surface area is 193 Å². The molecule has 7 nitrogen and oxygen atoms in total. The van der Waals surface area contributed by atoms with Gasteiger partial charge in [0, 0.05) is 12.1 Å². The van der Waals surface area contributed by atoms with Crippen LogP contribution in [-0.2, 0) is 6.54 Å². The minimum Gasteiger partial charge on any atom is -0.321 e. The molecule has 0 spiro atoms. The predicted molar refractivity (Wildman–Crippen MR) is 129 cm³/mol. The smallest absolute Gasteiger partial charge is 0.253 e. The van der Waals surface area contributed by atoms with Crippen LogP contribution >= 0.6 is 0 Å². The Morgan fingerprint density at radius 3 is 2.67 bits per heavy atom. The fraction of sp³-hybridized carbons (Fsp3) is 0.385. The summed E-state index contributed by atoms with van der Waals surface area (Å²) in [6, 6.07) is 18.4. The molecule has 5 rings (SSSR count). The van der Waals surface area contributed by atoms with Crippen LogP contribution in [0.4, 0.5) is 0 Å². The molecule has 170 valence electrons. The van der Waals surface area contributed by atoms with Gasteiger partial charge in [0.05, 0.1) is 11.6 Å². The number of para-hydroxylation sites is 1. The molecule has 1 fully saturated rings. The molecule has 1 saturated carbocycles. The largest absolute Gasteiger partial charge is 0.321 e. The second-order valence-electron chi connectivity index (χ2n) is 8.96. The number of pyridine rings is 1. The molecule has 0 radical (unpaired) electrons. The van der Waals surface area contributed by atoms with Gasteiger partial charge in [0.1, 0.15) is 6.04 Å². The maximum absolute atomic E-state index is 13.5. The lowest BCUT2D eigenvalue weighted by Gasteiger charge is -2.30. The summed E-state index contributed by atoms with van der Waals surface area (Å²) in [5.41, 5.74) is 3.72. The van der Waals surface area contributed by atoms with Gasteiger partial charge in [-0.15, -0.1) is 5.10 Å². The van der Waals surface area contributed by atoms with Crippen LogP contribution in [0.5, 0.6) is 0 Å². The van der Waals surface area contributed by atoms with Crippen LogP contribution < -0.4 is 5.56 Å². The first kappa shape index (κ1) is 21.5. The normalized spacial score (nSPS) is 15.5. The Morgan fingerprint density at radius 1 is 1.12 bits per heavy atom. The highest BCUT2D eigenvalue weighted by atomic mass is 16.1. The predicted octanol–water partition coefficient (Wildman–Crippen LogP) is 4.55. The Kier molecular flexibility index (Phi) is 6.05. The van der Waals surface area contributed by atoms with Gasteiger partial charge in [-0.1, -0.05) is 68.3 Å². The van der Waals surface area contributed by atoms with Gasteiger partial charge >= 0.3 is 0 Å². The molecule has 2 aromatic heterocycles. The number of aromatic nitrogens is 5. The first-order valence-corrected chi connectivity index (χ1v) is 11.8. The molecule has 0 bridgehead atoms. The van der Waals surface area contributed by atoms with Crippen molar-refractivity contribution in [1.29, 1.82) is 0 Å². The number of hydrogen-bond donors (Lipinski definition) is 1. The van der Waals surface area contributed by atoms with E-state index in [1.807, 2.05) is 54.1 Å². The third kappa shape index (κ3) is 4.20. The van der Waals surface area contributed by atoms with Crippen LogP contribution in [0.25, 0.3) is 10.9 Å². The van der Waals surface area contributed by atoms with Gasteiger partial charge in [-0.05, 0) is 59.3 Å². The number of nitrogens with zero attached hydrogens (tertiary/aromatic N) is 5. The SMILES string of the molecule is CCN(Cc1ccccc1)[C@H](c1cc2cccc(C)c2[nH]c1=O)c1nnnn1C1CCCC1. The van der Waals surface area contributed by atoms with Gasteiger partial charge in [-0.25, -0.2) is 4.68 Å².